The first-order chi connectivity index (χ1) is 15.9. The second-order valence-electron chi connectivity index (χ2n) is 8.33. The second kappa shape index (κ2) is 9.29. The summed E-state index contributed by atoms with van der Waals surface area (Å²) < 4.78 is 2.00. The van der Waals surface area contributed by atoms with E-state index in [0.717, 1.165) is 45.7 Å². The van der Waals surface area contributed by atoms with Crippen LogP contribution < -0.4 is 10.7 Å². The molecule has 0 spiro atoms. The number of rotatable bonds is 5. The van der Waals surface area contributed by atoms with E-state index in [1.165, 1.54) is 0 Å². The predicted molar refractivity (Wildman–Crippen MR) is 135 cm³/mol. The number of carbonyl (C=O) groups excluding carboxylic acids is 1. The highest BCUT2D eigenvalue weighted by Crippen LogP contribution is 2.29. The molecule has 0 bridgehead atoms. The van der Waals surface area contributed by atoms with Crippen molar-refractivity contribution in [2.45, 2.75) is 34.1 Å². The maximum Gasteiger partial charge on any atom is 0.261 e. The van der Waals surface area contributed by atoms with Gasteiger partial charge in [0.15, 0.2) is 5.43 Å². The zero-order chi connectivity index (χ0) is 23.5. The lowest BCUT2D eigenvalue weighted by Gasteiger charge is -2.21. The highest BCUT2D eigenvalue weighted by atomic mass is 16.2. The predicted octanol–water partition coefficient (Wildman–Crippen LogP) is 6.24. The number of aromatic nitrogens is 1. The van der Waals surface area contributed by atoms with E-state index in [-0.39, 0.29) is 11.0 Å². The molecule has 1 heterocycles. The average Bonchev–Trinajstić information content (AvgIpc) is 2.80. The van der Waals surface area contributed by atoms with Gasteiger partial charge in [-0.15, -0.1) is 0 Å². The molecule has 166 valence electrons. The summed E-state index contributed by atoms with van der Waals surface area (Å²) in [6.07, 6.45) is 0.782. The normalized spacial score (nSPS) is 10.8. The van der Waals surface area contributed by atoms with Crippen molar-refractivity contribution in [1.82, 2.24) is 4.57 Å². The number of aryl methyl sites for hydroxylation is 4. The molecule has 4 aromatic rings. The Labute approximate surface area is 194 Å². The first-order valence-electron chi connectivity index (χ1n) is 11.2. The largest absolute Gasteiger partial charge is 0.321 e. The van der Waals surface area contributed by atoms with Crippen molar-refractivity contribution in [3.63, 3.8) is 0 Å². The number of nitrogens with one attached hydrogen (secondary N) is 1. The molecule has 0 fully saturated rings. The lowest BCUT2D eigenvalue weighted by atomic mass is 10.0. The number of para-hydroxylation sites is 1. The number of hydrogen-bond acceptors (Lipinski definition) is 2. The van der Waals surface area contributed by atoms with Crippen LogP contribution in [0.25, 0.3) is 16.9 Å². The topological polar surface area (TPSA) is 51.1 Å². The lowest BCUT2D eigenvalue weighted by molar-refractivity contribution is 0.102. The molecule has 1 amide bonds. The van der Waals surface area contributed by atoms with Gasteiger partial charge in [0.1, 0.15) is 5.56 Å². The summed E-state index contributed by atoms with van der Waals surface area (Å²) in [5.74, 6) is -0.399. The Balaban J connectivity index is 1.98. The molecule has 0 aliphatic heterocycles. The number of hydrogen-bond donors (Lipinski definition) is 1. The molecule has 0 unspecified atom stereocenters. The number of amides is 1. The van der Waals surface area contributed by atoms with Gasteiger partial charge in [0.25, 0.3) is 5.91 Å². The van der Waals surface area contributed by atoms with Crippen molar-refractivity contribution in [3.8, 4) is 16.9 Å². The fourth-order valence-corrected chi connectivity index (χ4v) is 4.30. The summed E-state index contributed by atoms with van der Waals surface area (Å²) in [5, 5.41) is 3.05. The smallest absolute Gasteiger partial charge is 0.261 e. The molecule has 33 heavy (non-hydrogen) atoms. The van der Waals surface area contributed by atoms with E-state index in [1.807, 2.05) is 92.1 Å². The van der Waals surface area contributed by atoms with Crippen LogP contribution in [0.2, 0.25) is 0 Å². The Kier molecular flexibility index (Phi) is 6.27. The van der Waals surface area contributed by atoms with Gasteiger partial charge in [-0.25, -0.2) is 0 Å². The van der Waals surface area contributed by atoms with Crippen LogP contribution in [-0.4, -0.2) is 10.5 Å². The van der Waals surface area contributed by atoms with Gasteiger partial charge in [-0.05, 0) is 61.6 Å². The molecule has 3 aromatic carbocycles. The van der Waals surface area contributed by atoms with Gasteiger partial charge in [0.05, 0.1) is 5.69 Å². The van der Waals surface area contributed by atoms with Crippen LogP contribution in [0.1, 0.15) is 39.7 Å². The van der Waals surface area contributed by atoms with Gasteiger partial charge in [-0.3, -0.25) is 9.59 Å². The lowest BCUT2D eigenvalue weighted by Crippen LogP contribution is -2.27. The van der Waals surface area contributed by atoms with E-state index < -0.39 is 5.91 Å². The summed E-state index contributed by atoms with van der Waals surface area (Å²) in [7, 11) is 0. The van der Waals surface area contributed by atoms with E-state index in [0.29, 0.717) is 5.69 Å². The maximum atomic E-state index is 13.7. The monoisotopic (exact) mass is 436 g/mol. The second-order valence-corrected chi connectivity index (χ2v) is 8.33. The van der Waals surface area contributed by atoms with Crippen molar-refractivity contribution in [2.24, 2.45) is 0 Å². The third kappa shape index (κ3) is 4.37. The molecule has 0 atom stereocenters. The minimum Gasteiger partial charge on any atom is -0.321 e. The molecule has 4 nitrogen and oxygen atoms in total. The maximum absolute atomic E-state index is 13.7. The summed E-state index contributed by atoms with van der Waals surface area (Å²) in [5.41, 5.74) is 6.80. The van der Waals surface area contributed by atoms with Gasteiger partial charge in [-0.1, -0.05) is 67.6 Å². The van der Waals surface area contributed by atoms with Gasteiger partial charge in [-0.2, -0.15) is 0 Å². The summed E-state index contributed by atoms with van der Waals surface area (Å²) >= 11 is 0. The minimum atomic E-state index is -0.399. The number of benzene rings is 3. The van der Waals surface area contributed by atoms with E-state index >= 15 is 0 Å². The molecule has 0 aliphatic rings. The minimum absolute atomic E-state index is 0.138. The SMILES string of the molecule is CCc1cccc(C)c1NC(=O)c1c(-c2ccccc2)n(-c2cccc(C)c2)c(C)cc1=O. The van der Waals surface area contributed by atoms with E-state index in [1.54, 1.807) is 6.07 Å². The molecule has 0 saturated carbocycles. The molecule has 0 radical (unpaired) electrons. The number of nitrogens with zero attached hydrogens (tertiary/aromatic N) is 1. The quantitative estimate of drug-likeness (QED) is 0.402. The highest BCUT2D eigenvalue weighted by molar-refractivity contribution is 6.09. The van der Waals surface area contributed by atoms with Crippen LogP contribution in [0.5, 0.6) is 0 Å². The third-order valence-electron chi connectivity index (χ3n) is 5.91. The van der Waals surface area contributed by atoms with Crippen molar-refractivity contribution in [2.75, 3.05) is 5.32 Å². The zero-order valence-electron chi connectivity index (χ0n) is 19.5. The Morgan fingerprint density at radius 3 is 2.30 bits per heavy atom. The fourth-order valence-electron chi connectivity index (χ4n) is 4.30. The van der Waals surface area contributed by atoms with Crippen LogP contribution in [0.4, 0.5) is 5.69 Å². The van der Waals surface area contributed by atoms with Gasteiger partial charge >= 0.3 is 0 Å². The number of carbonyl (C=O) groups is 1. The molecule has 1 N–H and O–H groups in total. The highest BCUT2D eigenvalue weighted by Gasteiger charge is 2.23. The van der Waals surface area contributed by atoms with Crippen LogP contribution in [0.3, 0.4) is 0 Å². The van der Waals surface area contributed by atoms with Crippen LogP contribution in [0.15, 0.2) is 83.7 Å². The van der Waals surface area contributed by atoms with E-state index in [4.69, 9.17) is 0 Å². The van der Waals surface area contributed by atoms with Crippen molar-refractivity contribution >= 4 is 11.6 Å². The van der Waals surface area contributed by atoms with Crippen molar-refractivity contribution in [1.29, 1.82) is 0 Å². The average molecular weight is 437 g/mol. The summed E-state index contributed by atoms with van der Waals surface area (Å²) in [6.45, 7) is 7.94. The molecule has 4 rings (SSSR count). The Bertz CT molecular complexity index is 1380. The van der Waals surface area contributed by atoms with Gasteiger partial charge in [0, 0.05) is 23.1 Å². The Morgan fingerprint density at radius 1 is 0.879 bits per heavy atom. The van der Waals surface area contributed by atoms with Crippen LogP contribution in [-0.2, 0) is 6.42 Å². The Hall–Kier alpha value is -3.92. The molecule has 0 saturated heterocycles. The molecule has 1 aromatic heterocycles. The van der Waals surface area contributed by atoms with Crippen molar-refractivity contribution < 1.29 is 4.79 Å². The fraction of sp³-hybridized carbons (Fsp3) is 0.172. The van der Waals surface area contributed by atoms with Crippen LogP contribution in [0, 0.1) is 20.8 Å². The Morgan fingerprint density at radius 2 is 1.61 bits per heavy atom. The molecular weight excluding hydrogens is 408 g/mol. The van der Waals surface area contributed by atoms with Gasteiger partial charge in [0.2, 0.25) is 0 Å². The zero-order valence-corrected chi connectivity index (χ0v) is 19.5. The molecule has 0 aliphatic carbocycles. The van der Waals surface area contributed by atoms with E-state index in [2.05, 4.69) is 18.3 Å². The first kappa shape index (κ1) is 22.3. The standard InChI is InChI=1S/C29H28N2O2/c1-5-22-15-10-12-20(3)27(22)30-29(33)26-25(32)18-21(4)31(24-16-9-11-19(2)17-24)28(26)23-13-7-6-8-14-23/h6-18H,5H2,1-4H3,(H,30,33). The molecule has 4 heteroatoms. The first-order valence-corrected chi connectivity index (χ1v) is 11.2. The summed E-state index contributed by atoms with van der Waals surface area (Å²) in [6, 6.07) is 25.2. The van der Waals surface area contributed by atoms with E-state index in [9.17, 15) is 9.59 Å². The van der Waals surface area contributed by atoms with Gasteiger partial charge < -0.3 is 9.88 Å². The van der Waals surface area contributed by atoms with Crippen molar-refractivity contribution in [3.05, 3.63) is 117 Å². The summed E-state index contributed by atoms with van der Waals surface area (Å²) in [4.78, 5) is 27.0. The van der Waals surface area contributed by atoms with Crippen LogP contribution >= 0.6 is 0 Å². The third-order valence-corrected chi connectivity index (χ3v) is 5.91. The number of anilines is 1. The molecular formula is C29H28N2O2. The number of pyridine rings is 1.